The van der Waals surface area contributed by atoms with Gasteiger partial charge in [-0.3, -0.25) is 4.79 Å². The molecule has 0 radical (unpaired) electrons. The van der Waals surface area contributed by atoms with E-state index in [9.17, 15) is 18.0 Å². The third kappa shape index (κ3) is 2.98. The molecule has 2 nitrogen and oxygen atoms in total. The molecule has 0 fully saturated rings. The number of carbonyl (C=O) groups is 1. The summed E-state index contributed by atoms with van der Waals surface area (Å²) >= 11 is 0. The maximum Gasteiger partial charge on any atom is 0.573 e. The molecule has 0 bridgehead atoms. The van der Waals surface area contributed by atoms with Crippen LogP contribution in [0.2, 0.25) is 0 Å². The van der Waals surface area contributed by atoms with Crippen molar-refractivity contribution in [3.05, 3.63) is 29.3 Å². The van der Waals surface area contributed by atoms with Gasteiger partial charge in [-0.2, -0.15) is 0 Å². The number of Topliss-reactive ketones (excluding diaryl/α,β-unsaturated/α-hetero) is 1. The first-order valence-electron chi connectivity index (χ1n) is 4.73. The number of halogens is 3. The first-order valence-corrected chi connectivity index (χ1v) is 4.73. The zero-order valence-corrected chi connectivity index (χ0v) is 8.89. The van der Waals surface area contributed by atoms with Gasteiger partial charge >= 0.3 is 6.36 Å². The lowest BCUT2D eigenvalue weighted by atomic mass is 10.0. The van der Waals surface area contributed by atoms with Crippen LogP contribution in [0, 0.1) is 0 Å². The minimum atomic E-state index is -4.74. The largest absolute Gasteiger partial charge is 0.573 e. The molecule has 1 aromatic carbocycles. The highest BCUT2D eigenvalue weighted by molar-refractivity contribution is 5.96. The summed E-state index contributed by atoms with van der Waals surface area (Å²) in [5.41, 5.74) is 0.552. The smallest absolute Gasteiger partial charge is 0.405 e. The van der Waals surface area contributed by atoms with Crippen molar-refractivity contribution in [3.63, 3.8) is 0 Å². The van der Waals surface area contributed by atoms with E-state index in [1.807, 2.05) is 0 Å². The summed E-state index contributed by atoms with van der Waals surface area (Å²) in [6.07, 6.45) is -4.43. The van der Waals surface area contributed by atoms with Crippen molar-refractivity contribution in [2.24, 2.45) is 0 Å². The molecule has 1 aromatic rings. The molecule has 0 unspecified atom stereocenters. The van der Waals surface area contributed by atoms with Gasteiger partial charge in [-0.1, -0.05) is 19.1 Å². The predicted octanol–water partition coefficient (Wildman–Crippen LogP) is 3.35. The molecule has 0 saturated heterocycles. The normalized spacial score (nSPS) is 11.3. The second-order valence-electron chi connectivity index (χ2n) is 3.24. The van der Waals surface area contributed by atoms with E-state index in [0.29, 0.717) is 6.42 Å². The summed E-state index contributed by atoms with van der Waals surface area (Å²) in [4.78, 5) is 11.2. The van der Waals surface area contributed by atoms with Crippen molar-refractivity contribution in [2.75, 3.05) is 0 Å². The number of hydrogen-bond donors (Lipinski definition) is 0. The molecule has 0 atom stereocenters. The van der Waals surface area contributed by atoms with Gasteiger partial charge in [0, 0.05) is 11.1 Å². The number of ketones is 1. The first kappa shape index (κ1) is 12.5. The van der Waals surface area contributed by atoms with Gasteiger partial charge in [-0.25, -0.2) is 0 Å². The van der Waals surface area contributed by atoms with Crippen LogP contribution in [0.4, 0.5) is 13.2 Å². The fraction of sp³-hybridized carbons (Fsp3) is 0.364. The summed E-state index contributed by atoms with van der Waals surface area (Å²) in [5, 5.41) is 0. The van der Waals surface area contributed by atoms with Crippen LogP contribution < -0.4 is 4.74 Å². The van der Waals surface area contributed by atoms with Gasteiger partial charge in [-0.15, -0.1) is 13.2 Å². The monoisotopic (exact) mass is 232 g/mol. The van der Waals surface area contributed by atoms with Gasteiger partial charge < -0.3 is 4.74 Å². The maximum absolute atomic E-state index is 12.1. The van der Waals surface area contributed by atoms with Gasteiger partial charge in [-0.05, 0) is 19.4 Å². The molecule has 0 aliphatic rings. The van der Waals surface area contributed by atoms with E-state index in [-0.39, 0.29) is 22.7 Å². The molecule has 0 spiro atoms. The lowest BCUT2D eigenvalue weighted by molar-refractivity contribution is -0.274. The van der Waals surface area contributed by atoms with Gasteiger partial charge in [0.1, 0.15) is 5.75 Å². The van der Waals surface area contributed by atoms with Gasteiger partial charge in [0.2, 0.25) is 0 Å². The second kappa shape index (κ2) is 4.55. The Hall–Kier alpha value is -1.52. The standard InChI is InChI=1S/C11H11F3O2/c1-3-8-9(7(2)15)5-4-6-10(8)16-11(12,13)14/h4-6H,3H2,1-2H3. The Morgan fingerprint density at radius 2 is 2.00 bits per heavy atom. The van der Waals surface area contributed by atoms with E-state index in [4.69, 9.17) is 0 Å². The quantitative estimate of drug-likeness (QED) is 0.747. The number of ether oxygens (including phenoxy) is 1. The SMILES string of the molecule is CCc1c(OC(F)(F)F)cccc1C(C)=O. The summed E-state index contributed by atoms with van der Waals surface area (Å²) < 4.78 is 40.1. The molecular weight excluding hydrogens is 221 g/mol. The molecule has 0 amide bonds. The van der Waals surface area contributed by atoms with Crippen molar-refractivity contribution in [3.8, 4) is 5.75 Å². The molecular formula is C11H11F3O2. The van der Waals surface area contributed by atoms with E-state index in [1.165, 1.54) is 25.1 Å². The Bertz CT molecular complexity index is 397. The molecule has 0 aromatic heterocycles. The second-order valence-corrected chi connectivity index (χ2v) is 3.24. The zero-order chi connectivity index (χ0) is 12.3. The van der Waals surface area contributed by atoms with E-state index < -0.39 is 6.36 Å². The average molecular weight is 232 g/mol. The third-order valence-electron chi connectivity index (χ3n) is 2.09. The highest BCUT2D eigenvalue weighted by Crippen LogP contribution is 2.29. The molecule has 5 heteroatoms. The average Bonchev–Trinajstić information content (AvgIpc) is 2.14. The molecule has 88 valence electrons. The Kier molecular flexibility index (Phi) is 3.57. The number of carbonyl (C=O) groups excluding carboxylic acids is 1. The number of hydrogen-bond acceptors (Lipinski definition) is 2. The third-order valence-corrected chi connectivity index (χ3v) is 2.09. The van der Waals surface area contributed by atoms with Crippen molar-refractivity contribution in [2.45, 2.75) is 26.6 Å². The summed E-state index contributed by atoms with van der Waals surface area (Å²) in [7, 11) is 0. The highest BCUT2D eigenvalue weighted by Gasteiger charge is 2.32. The lowest BCUT2D eigenvalue weighted by Crippen LogP contribution is -2.18. The van der Waals surface area contributed by atoms with Crippen LogP contribution in [0.3, 0.4) is 0 Å². The molecule has 0 aliphatic carbocycles. The number of rotatable bonds is 3. The minimum Gasteiger partial charge on any atom is -0.405 e. The van der Waals surface area contributed by atoms with E-state index in [0.717, 1.165) is 0 Å². The van der Waals surface area contributed by atoms with Crippen LogP contribution in [0.15, 0.2) is 18.2 Å². The van der Waals surface area contributed by atoms with Crippen LogP contribution in [0.1, 0.15) is 29.8 Å². The Morgan fingerprint density at radius 1 is 1.38 bits per heavy atom. The van der Waals surface area contributed by atoms with Crippen molar-refractivity contribution in [1.29, 1.82) is 0 Å². The topological polar surface area (TPSA) is 26.3 Å². The Balaban J connectivity index is 3.19. The molecule has 16 heavy (non-hydrogen) atoms. The van der Waals surface area contributed by atoms with Crippen LogP contribution in [-0.4, -0.2) is 12.1 Å². The van der Waals surface area contributed by atoms with E-state index >= 15 is 0 Å². The molecule has 0 heterocycles. The number of alkyl halides is 3. The van der Waals surface area contributed by atoms with Gasteiger partial charge in [0.05, 0.1) is 0 Å². The summed E-state index contributed by atoms with van der Waals surface area (Å²) in [6, 6.07) is 4.07. The minimum absolute atomic E-state index is 0.268. The molecule has 1 rings (SSSR count). The van der Waals surface area contributed by atoms with E-state index in [1.54, 1.807) is 6.92 Å². The van der Waals surface area contributed by atoms with Crippen molar-refractivity contribution in [1.82, 2.24) is 0 Å². The van der Waals surface area contributed by atoms with Crippen LogP contribution in [0.5, 0.6) is 5.75 Å². The summed E-state index contributed by atoms with van der Waals surface area (Å²) in [6.45, 7) is 2.98. The predicted molar refractivity (Wildman–Crippen MR) is 52.5 cm³/mol. The number of benzene rings is 1. The fourth-order valence-corrected chi connectivity index (χ4v) is 1.48. The molecule has 0 aliphatic heterocycles. The Labute approximate surface area is 91.0 Å². The Morgan fingerprint density at radius 3 is 2.44 bits per heavy atom. The highest BCUT2D eigenvalue weighted by atomic mass is 19.4. The summed E-state index contributed by atoms with van der Waals surface area (Å²) in [5.74, 6) is -0.577. The van der Waals surface area contributed by atoms with Crippen molar-refractivity contribution >= 4 is 5.78 Å². The van der Waals surface area contributed by atoms with Gasteiger partial charge in [0.15, 0.2) is 5.78 Å². The van der Waals surface area contributed by atoms with Gasteiger partial charge in [0.25, 0.3) is 0 Å². The van der Waals surface area contributed by atoms with Crippen molar-refractivity contribution < 1.29 is 22.7 Å². The fourth-order valence-electron chi connectivity index (χ4n) is 1.48. The van der Waals surface area contributed by atoms with Crippen LogP contribution in [-0.2, 0) is 6.42 Å². The maximum atomic E-state index is 12.1. The van der Waals surface area contributed by atoms with E-state index in [2.05, 4.69) is 4.74 Å². The lowest BCUT2D eigenvalue weighted by Gasteiger charge is -2.14. The molecule has 0 N–H and O–H groups in total. The molecule has 0 saturated carbocycles. The zero-order valence-electron chi connectivity index (χ0n) is 8.89. The van der Waals surface area contributed by atoms with Crippen LogP contribution in [0.25, 0.3) is 0 Å². The van der Waals surface area contributed by atoms with Crippen LogP contribution >= 0.6 is 0 Å². The first-order chi connectivity index (χ1) is 7.35.